The molecule has 0 bridgehead atoms. The number of hydrogen-bond acceptors (Lipinski definition) is 8. The highest BCUT2D eigenvalue weighted by atomic mass is 16.5. The van der Waals surface area contributed by atoms with Gasteiger partial charge in [-0.3, -0.25) is 0 Å². The van der Waals surface area contributed by atoms with E-state index in [2.05, 4.69) is 13.8 Å². The van der Waals surface area contributed by atoms with Crippen LogP contribution in [0.15, 0.2) is 84.9 Å². The van der Waals surface area contributed by atoms with E-state index in [1.165, 1.54) is 37.8 Å². The minimum Gasteiger partial charge on any atom is -0.508 e. The zero-order valence-electron chi connectivity index (χ0n) is 25.7. The summed E-state index contributed by atoms with van der Waals surface area (Å²) >= 11 is 0. The van der Waals surface area contributed by atoms with Gasteiger partial charge in [-0.2, -0.15) is 0 Å². The van der Waals surface area contributed by atoms with Gasteiger partial charge >= 0.3 is 0 Å². The van der Waals surface area contributed by atoms with Crippen molar-refractivity contribution < 1.29 is 35.0 Å². The molecule has 5 N–H and O–H groups in total. The average Bonchev–Trinajstić information content (AvgIpc) is 3.02. The van der Waals surface area contributed by atoms with Crippen LogP contribution in [0.1, 0.15) is 65.2 Å². The van der Waals surface area contributed by atoms with E-state index >= 15 is 0 Å². The summed E-state index contributed by atoms with van der Waals surface area (Å²) in [5, 5.41) is 48.3. The number of anilines is 3. The van der Waals surface area contributed by atoms with Gasteiger partial charge in [-0.1, -0.05) is 52.4 Å². The summed E-state index contributed by atoms with van der Waals surface area (Å²) in [6.07, 6.45) is 8.85. The average molecular weight is 604 g/mol. The number of ether oxygens (including phenoxy) is 2. The van der Waals surface area contributed by atoms with Gasteiger partial charge in [-0.05, 0) is 85.6 Å². The molecule has 0 unspecified atom stereocenters. The number of rotatable bonds is 15. The minimum absolute atomic E-state index is 0.0110. The summed E-state index contributed by atoms with van der Waals surface area (Å²) in [5.41, 5.74) is 2.57. The van der Waals surface area contributed by atoms with Crippen molar-refractivity contribution in [1.82, 2.24) is 0 Å². The van der Waals surface area contributed by atoms with Crippen molar-refractivity contribution in [2.45, 2.75) is 65.2 Å². The van der Waals surface area contributed by atoms with E-state index in [9.17, 15) is 25.5 Å². The molecule has 4 rings (SSSR count). The molecule has 0 aliphatic carbocycles. The van der Waals surface area contributed by atoms with Gasteiger partial charge in [-0.25, -0.2) is 0 Å². The van der Waals surface area contributed by atoms with Crippen LogP contribution in [0.4, 0.5) is 17.1 Å². The molecule has 0 saturated carbocycles. The van der Waals surface area contributed by atoms with Crippen molar-refractivity contribution in [3.8, 4) is 40.2 Å². The van der Waals surface area contributed by atoms with Crippen molar-refractivity contribution in [2.75, 3.05) is 18.1 Å². The Morgan fingerprint density at radius 1 is 0.455 bits per heavy atom. The molecule has 0 heterocycles. The second-order valence-electron chi connectivity index (χ2n) is 10.5. The fourth-order valence-electron chi connectivity index (χ4n) is 4.44. The molecule has 0 fully saturated rings. The number of unbranched alkanes of at least 4 members (excludes halogenated alkanes) is 6. The molecule has 0 atom stereocenters. The highest BCUT2D eigenvalue weighted by Gasteiger charge is 2.13. The number of phenols is 5. The molecule has 4 aromatic carbocycles. The number of phenolic OH excluding ortho intramolecular Hbond substituents is 5. The summed E-state index contributed by atoms with van der Waals surface area (Å²) in [7, 11) is 0. The monoisotopic (exact) mass is 603 g/mol. The number of hydrogen-bond donors (Lipinski definition) is 5. The Labute approximate surface area is 260 Å². The van der Waals surface area contributed by atoms with E-state index in [4.69, 9.17) is 9.47 Å². The second kappa shape index (κ2) is 18.1. The van der Waals surface area contributed by atoms with Gasteiger partial charge in [0, 0.05) is 29.2 Å². The first kappa shape index (κ1) is 33.8. The maximum atomic E-state index is 9.94. The maximum absolute atomic E-state index is 9.94. The quantitative estimate of drug-likeness (QED) is 0.0673. The normalized spacial score (nSPS) is 10.5. The van der Waals surface area contributed by atoms with Crippen LogP contribution in [0.5, 0.6) is 40.2 Å². The van der Waals surface area contributed by atoms with Gasteiger partial charge in [-0.15, -0.1) is 0 Å². The topological polar surface area (TPSA) is 123 Å². The second-order valence-corrected chi connectivity index (χ2v) is 10.5. The molecule has 4 aromatic rings. The van der Waals surface area contributed by atoms with Crippen LogP contribution in [0.3, 0.4) is 0 Å². The first-order valence-electron chi connectivity index (χ1n) is 15.3. The lowest BCUT2D eigenvalue weighted by molar-refractivity contribution is 0.272. The largest absolute Gasteiger partial charge is 0.508 e. The van der Waals surface area contributed by atoms with Crippen LogP contribution in [0.2, 0.25) is 0 Å². The molecule has 0 aliphatic rings. The van der Waals surface area contributed by atoms with E-state index in [0.717, 1.165) is 42.7 Å². The fourth-order valence-corrected chi connectivity index (χ4v) is 4.44. The molecule has 0 spiro atoms. The van der Waals surface area contributed by atoms with Crippen molar-refractivity contribution >= 4 is 17.1 Å². The number of aromatic hydroxyl groups is 5. The highest BCUT2D eigenvalue weighted by molar-refractivity contribution is 5.77. The third kappa shape index (κ3) is 10.8. The number of nitrogens with zero attached hydrogens (tertiary/aromatic N) is 1. The van der Waals surface area contributed by atoms with Crippen LogP contribution in [-0.2, 0) is 0 Å². The van der Waals surface area contributed by atoms with Crippen LogP contribution >= 0.6 is 0 Å². The predicted molar refractivity (Wildman–Crippen MR) is 175 cm³/mol. The molecule has 8 nitrogen and oxygen atoms in total. The summed E-state index contributed by atoms with van der Waals surface area (Å²) < 4.78 is 11.0. The summed E-state index contributed by atoms with van der Waals surface area (Å²) in [6, 6.07) is 23.3. The zero-order valence-corrected chi connectivity index (χ0v) is 25.7. The summed E-state index contributed by atoms with van der Waals surface area (Å²) in [5.74, 6) is 1.23. The third-order valence-corrected chi connectivity index (χ3v) is 6.88. The molecule has 0 radical (unpaired) electrons. The zero-order chi connectivity index (χ0) is 31.7. The Bertz CT molecular complexity index is 1230. The molecule has 0 saturated heterocycles. The maximum Gasteiger partial charge on any atom is 0.164 e. The molecule has 0 amide bonds. The van der Waals surface area contributed by atoms with Gasteiger partial charge in [0.2, 0.25) is 0 Å². The van der Waals surface area contributed by atoms with E-state index in [1.807, 2.05) is 4.90 Å². The lowest BCUT2D eigenvalue weighted by Gasteiger charge is -2.25. The van der Waals surface area contributed by atoms with Gasteiger partial charge in [0.15, 0.2) is 23.0 Å². The van der Waals surface area contributed by atoms with Gasteiger partial charge in [0.25, 0.3) is 0 Å². The smallest absolute Gasteiger partial charge is 0.164 e. The third-order valence-electron chi connectivity index (χ3n) is 6.88. The Morgan fingerprint density at radius 2 is 0.773 bits per heavy atom. The van der Waals surface area contributed by atoms with Crippen LogP contribution in [-0.4, -0.2) is 38.7 Å². The predicted octanol–water partition coefficient (Wildman–Crippen LogP) is 9.29. The molecule has 0 aliphatic heterocycles. The van der Waals surface area contributed by atoms with E-state index in [0.29, 0.717) is 24.7 Å². The van der Waals surface area contributed by atoms with Crippen molar-refractivity contribution in [3.05, 3.63) is 84.9 Å². The summed E-state index contributed by atoms with van der Waals surface area (Å²) in [6.45, 7) is 5.41. The van der Waals surface area contributed by atoms with Crippen LogP contribution in [0.25, 0.3) is 0 Å². The standard InChI is InChI=1S/C18H15NO3.C18H30O4/c20-16-7-1-13(2-8-16)19(14-3-9-17(21)10-4-14)15-5-11-18(22)12-6-15;1-3-5-7-9-11-21-17-13-16(20)18(14-15(17)19)22-12-10-8-6-4-2/h1-12,20-22H;13-14,19-20H,3-12H2,1-2H3. The molecule has 8 heteroatoms. The number of benzene rings is 4. The van der Waals surface area contributed by atoms with E-state index in [1.54, 1.807) is 72.8 Å². The molecular weight excluding hydrogens is 558 g/mol. The van der Waals surface area contributed by atoms with E-state index < -0.39 is 0 Å². The first-order chi connectivity index (χ1) is 21.3. The Hall–Kier alpha value is -4.72. The molecule has 0 aromatic heterocycles. The Morgan fingerprint density at radius 3 is 1.07 bits per heavy atom. The lowest BCUT2D eigenvalue weighted by Crippen LogP contribution is -2.09. The molecule has 44 heavy (non-hydrogen) atoms. The van der Waals surface area contributed by atoms with E-state index in [-0.39, 0.29) is 28.7 Å². The van der Waals surface area contributed by atoms with Crippen LogP contribution < -0.4 is 14.4 Å². The fraction of sp³-hybridized carbons (Fsp3) is 0.333. The van der Waals surface area contributed by atoms with Gasteiger partial charge in [0.05, 0.1) is 13.2 Å². The van der Waals surface area contributed by atoms with Gasteiger partial charge < -0.3 is 39.9 Å². The Kier molecular flexibility index (Phi) is 13.9. The van der Waals surface area contributed by atoms with Crippen molar-refractivity contribution in [2.24, 2.45) is 0 Å². The van der Waals surface area contributed by atoms with Gasteiger partial charge in [0.1, 0.15) is 17.2 Å². The Balaban J connectivity index is 0.000000240. The summed E-state index contributed by atoms with van der Waals surface area (Å²) in [4.78, 5) is 1.96. The lowest BCUT2D eigenvalue weighted by atomic mass is 10.2. The minimum atomic E-state index is 0.0110. The highest BCUT2D eigenvalue weighted by Crippen LogP contribution is 2.39. The molecular formula is C36H45NO7. The molecule has 236 valence electrons. The van der Waals surface area contributed by atoms with Crippen molar-refractivity contribution in [1.29, 1.82) is 0 Å². The first-order valence-corrected chi connectivity index (χ1v) is 15.3. The SMILES string of the molecule is CCCCCCOc1cc(O)c(OCCCCCC)cc1O.Oc1ccc(N(c2ccc(O)cc2)c2ccc(O)cc2)cc1. The van der Waals surface area contributed by atoms with Crippen LogP contribution in [0, 0.1) is 0 Å². The van der Waals surface area contributed by atoms with Crippen molar-refractivity contribution in [3.63, 3.8) is 0 Å².